The fraction of sp³-hybridized carbons (Fsp3) is 0.950. The molecule has 0 rings (SSSR count). The van der Waals surface area contributed by atoms with Gasteiger partial charge in [-0.3, -0.25) is 0 Å². The van der Waals surface area contributed by atoms with Crippen LogP contribution in [0.25, 0.3) is 0 Å². The van der Waals surface area contributed by atoms with Crippen molar-refractivity contribution in [2.45, 2.75) is 91.6 Å². The predicted molar refractivity (Wildman–Crippen MR) is 99.3 cm³/mol. The standard InChI is InChI=1S/C20H40O4/c1-6-11-13-18(8-3)17-22-15-16-24-20(9-4,14-12-7-2)19(21)23-10-5/h18H,6-17H2,1-5H3. The lowest BCUT2D eigenvalue weighted by Gasteiger charge is -2.30. The highest BCUT2D eigenvalue weighted by Gasteiger charge is 2.38. The first-order valence-electron chi connectivity index (χ1n) is 9.98. The molecule has 2 unspecified atom stereocenters. The van der Waals surface area contributed by atoms with Gasteiger partial charge < -0.3 is 14.2 Å². The molecule has 0 aromatic heterocycles. The Morgan fingerprint density at radius 2 is 1.71 bits per heavy atom. The normalized spacial score (nSPS) is 15.0. The number of carbonyl (C=O) groups excluding carboxylic acids is 1. The molecule has 4 nitrogen and oxygen atoms in total. The summed E-state index contributed by atoms with van der Waals surface area (Å²) in [5, 5.41) is 0. The summed E-state index contributed by atoms with van der Waals surface area (Å²) in [6.07, 6.45) is 8.23. The van der Waals surface area contributed by atoms with Crippen LogP contribution in [0.1, 0.15) is 86.0 Å². The van der Waals surface area contributed by atoms with Crippen molar-refractivity contribution in [2.75, 3.05) is 26.4 Å². The van der Waals surface area contributed by atoms with Gasteiger partial charge in [-0.05, 0) is 32.1 Å². The summed E-state index contributed by atoms with van der Waals surface area (Å²) in [6, 6.07) is 0. The highest BCUT2D eigenvalue weighted by Crippen LogP contribution is 2.25. The van der Waals surface area contributed by atoms with Crippen LogP contribution < -0.4 is 0 Å². The molecule has 0 saturated carbocycles. The second-order valence-corrected chi connectivity index (χ2v) is 6.51. The zero-order valence-corrected chi connectivity index (χ0v) is 16.7. The van der Waals surface area contributed by atoms with E-state index in [0.717, 1.165) is 25.9 Å². The third-order valence-corrected chi connectivity index (χ3v) is 4.66. The van der Waals surface area contributed by atoms with Gasteiger partial charge in [-0.1, -0.05) is 59.8 Å². The van der Waals surface area contributed by atoms with Crippen LogP contribution in [0.3, 0.4) is 0 Å². The molecular formula is C20H40O4. The second-order valence-electron chi connectivity index (χ2n) is 6.51. The maximum Gasteiger partial charge on any atom is 0.338 e. The van der Waals surface area contributed by atoms with Gasteiger partial charge in [-0.25, -0.2) is 4.79 Å². The summed E-state index contributed by atoms with van der Waals surface area (Å²) in [5.74, 6) is 0.404. The molecule has 0 aromatic carbocycles. The Morgan fingerprint density at radius 1 is 1.00 bits per heavy atom. The topological polar surface area (TPSA) is 44.8 Å². The molecule has 0 aliphatic carbocycles. The predicted octanol–water partition coefficient (Wildman–Crippen LogP) is 5.14. The number of rotatable bonds is 16. The van der Waals surface area contributed by atoms with Gasteiger partial charge in [0.1, 0.15) is 0 Å². The van der Waals surface area contributed by atoms with E-state index in [9.17, 15) is 4.79 Å². The molecule has 144 valence electrons. The summed E-state index contributed by atoms with van der Waals surface area (Å²) in [4.78, 5) is 12.4. The maximum atomic E-state index is 12.4. The van der Waals surface area contributed by atoms with E-state index >= 15 is 0 Å². The number of esters is 1. The molecule has 0 heterocycles. The van der Waals surface area contributed by atoms with Crippen LogP contribution in [0.2, 0.25) is 0 Å². The van der Waals surface area contributed by atoms with Gasteiger partial charge in [0.05, 0.1) is 19.8 Å². The first kappa shape index (κ1) is 23.4. The molecular weight excluding hydrogens is 304 g/mol. The van der Waals surface area contributed by atoms with Gasteiger partial charge in [0.2, 0.25) is 0 Å². The Hall–Kier alpha value is -0.610. The van der Waals surface area contributed by atoms with Gasteiger partial charge >= 0.3 is 5.97 Å². The highest BCUT2D eigenvalue weighted by molar-refractivity contribution is 5.79. The molecule has 0 aromatic rings. The number of ether oxygens (including phenoxy) is 3. The van der Waals surface area contributed by atoms with E-state index in [1.54, 1.807) is 0 Å². The van der Waals surface area contributed by atoms with Crippen molar-refractivity contribution < 1.29 is 19.0 Å². The van der Waals surface area contributed by atoms with Crippen molar-refractivity contribution in [1.29, 1.82) is 0 Å². The molecule has 0 saturated heterocycles. The van der Waals surface area contributed by atoms with Crippen molar-refractivity contribution >= 4 is 5.97 Å². The second kappa shape index (κ2) is 14.7. The summed E-state index contributed by atoms with van der Waals surface area (Å²) >= 11 is 0. The summed E-state index contributed by atoms with van der Waals surface area (Å²) < 4.78 is 17.0. The fourth-order valence-electron chi connectivity index (χ4n) is 2.83. The SMILES string of the molecule is CCCCC(CC)COCCOC(CC)(CCCC)C(=O)OCC. The number of carbonyl (C=O) groups is 1. The average Bonchev–Trinajstić information content (AvgIpc) is 2.60. The summed E-state index contributed by atoms with van der Waals surface area (Å²) in [6.45, 7) is 12.5. The van der Waals surface area contributed by atoms with Crippen LogP contribution >= 0.6 is 0 Å². The molecule has 0 N–H and O–H groups in total. The zero-order valence-electron chi connectivity index (χ0n) is 16.7. The monoisotopic (exact) mass is 344 g/mol. The fourth-order valence-corrected chi connectivity index (χ4v) is 2.83. The number of hydrogen-bond acceptors (Lipinski definition) is 4. The zero-order chi connectivity index (χ0) is 18.3. The first-order chi connectivity index (χ1) is 11.6. The molecule has 2 atom stereocenters. The molecule has 0 aliphatic rings. The maximum absolute atomic E-state index is 12.4. The lowest BCUT2D eigenvalue weighted by molar-refractivity contribution is -0.176. The summed E-state index contributed by atoms with van der Waals surface area (Å²) in [5.41, 5.74) is -0.804. The van der Waals surface area contributed by atoms with Gasteiger partial charge in [-0.15, -0.1) is 0 Å². The average molecular weight is 345 g/mol. The van der Waals surface area contributed by atoms with Gasteiger partial charge in [0.15, 0.2) is 5.60 Å². The molecule has 24 heavy (non-hydrogen) atoms. The van der Waals surface area contributed by atoms with Crippen LogP contribution in [0.5, 0.6) is 0 Å². The van der Waals surface area contributed by atoms with Crippen molar-refractivity contribution in [3.63, 3.8) is 0 Å². The van der Waals surface area contributed by atoms with Crippen LogP contribution in [0.4, 0.5) is 0 Å². The molecule has 0 amide bonds. The van der Waals surface area contributed by atoms with Crippen LogP contribution in [-0.4, -0.2) is 38.0 Å². The molecule has 0 fully saturated rings. The molecule has 4 heteroatoms. The van der Waals surface area contributed by atoms with Crippen molar-refractivity contribution in [1.82, 2.24) is 0 Å². The third kappa shape index (κ3) is 9.03. The third-order valence-electron chi connectivity index (χ3n) is 4.66. The van der Waals surface area contributed by atoms with Gasteiger partial charge in [0.25, 0.3) is 0 Å². The Balaban J connectivity index is 4.32. The summed E-state index contributed by atoms with van der Waals surface area (Å²) in [7, 11) is 0. The Morgan fingerprint density at radius 3 is 2.25 bits per heavy atom. The number of unbranched alkanes of at least 4 members (excludes halogenated alkanes) is 2. The van der Waals surface area contributed by atoms with E-state index in [2.05, 4.69) is 20.8 Å². The lowest BCUT2D eigenvalue weighted by atomic mass is 9.93. The first-order valence-corrected chi connectivity index (χ1v) is 9.98. The smallest absolute Gasteiger partial charge is 0.338 e. The number of hydrogen-bond donors (Lipinski definition) is 0. The lowest BCUT2D eigenvalue weighted by Crippen LogP contribution is -2.43. The molecule has 0 bridgehead atoms. The van der Waals surface area contributed by atoms with E-state index in [1.807, 2.05) is 13.8 Å². The minimum absolute atomic E-state index is 0.227. The van der Waals surface area contributed by atoms with Crippen LogP contribution in [-0.2, 0) is 19.0 Å². The molecule has 0 aliphatic heterocycles. The van der Waals surface area contributed by atoms with E-state index in [4.69, 9.17) is 14.2 Å². The minimum atomic E-state index is -0.804. The van der Waals surface area contributed by atoms with E-state index < -0.39 is 5.60 Å². The minimum Gasteiger partial charge on any atom is -0.464 e. The van der Waals surface area contributed by atoms with E-state index in [-0.39, 0.29) is 5.97 Å². The van der Waals surface area contributed by atoms with Crippen molar-refractivity contribution in [2.24, 2.45) is 5.92 Å². The largest absolute Gasteiger partial charge is 0.464 e. The Labute approximate surface area is 149 Å². The van der Waals surface area contributed by atoms with Crippen molar-refractivity contribution in [3.8, 4) is 0 Å². The molecule has 0 spiro atoms. The Bertz CT molecular complexity index is 306. The Kier molecular flexibility index (Phi) is 14.3. The molecule has 0 radical (unpaired) electrons. The highest BCUT2D eigenvalue weighted by atomic mass is 16.6. The van der Waals surface area contributed by atoms with E-state index in [0.29, 0.717) is 38.6 Å². The van der Waals surface area contributed by atoms with Gasteiger partial charge in [-0.2, -0.15) is 0 Å². The quantitative estimate of drug-likeness (QED) is 0.287. The van der Waals surface area contributed by atoms with E-state index in [1.165, 1.54) is 19.3 Å². The van der Waals surface area contributed by atoms with Crippen molar-refractivity contribution in [3.05, 3.63) is 0 Å². The van der Waals surface area contributed by atoms with Gasteiger partial charge in [0, 0.05) is 6.61 Å². The van der Waals surface area contributed by atoms with Crippen LogP contribution in [0, 0.1) is 5.92 Å². The van der Waals surface area contributed by atoms with Crippen LogP contribution in [0.15, 0.2) is 0 Å².